The van der Waals surface area contributed by atoms with Crippen molar-refractivity contribution in [2.75, 3.05) is 10.0 Å². The third-order valence-corrected chi connectivity index (χ3v) is 5.96. The molecule has 3 heterocycles. The molecule has 0 aliphatic heterocycles. The average Bonchev–Trinajstić information content (AvgIpc) is 3.18. The first kappa shape index (κ1) is 15.9. The zero-order valence-electron chi connectivity index (χ0n) is 11.7. The van der Waals surface area contributed by atoms with Gasteiger partial charge in [-0.25, -0.2) is 13.4 Å². The van der Waals surface area contributed by atoms with Crippen LogP contribution in [0.2, 0.25) is 4.34 Å². The summed E-state index contributed by atoms with van der Waals surface area (Å²) in [5.74, 6) is 1.40. The van der Waals surface area contributed by atoms with Gasteiger partial charge in [0.25, 0.3) is 10.0 Å². The van der Waals surface area contributed by atoms with Crippen molar-refractivity contribution < 1.29 is 12.8 Å². The van der Waals surface area contributed by atoms with E-state index in [9.17, 15) is 8.42 Å². The van der Waals surface area contributed by atoms with Gasteiger partial charge in [0, 0.05) is 0 Å². The summed E-state index contributed by atoms with van der Waals surface area (Å²) in [5.41, 5.74) is 0.373. The molecule has 0 saturated carbocycles. The van der Waals surface area contributed by atoms with Gasteiger partial charge in [0.2, 0.25) is 0 Å². The molecule has 0 bridgehead atoms. The van der Waals surface area contributed by atoms with E-state index in [1.165, 1.54) is 12.3 Å². The summed E-state index contributed by atoms with van der Waals surface area (Å²) in [6, 6.07) is 9.97. The van der Waals surface area contributed by atoms with Crippen molar-refractivity contribution in [1.29, 1.82) is 0 Å². The number of pyridine rings is 1. The number of anilines is 2. The predicted octanol–water partition coefficient (Wildman–Crippen LogP) is 3.80. The molecule has 6 nitrogen and oxygen atoms in total. The van der Waals surface area contributed by atoms with Gasteiger partial charge in [-0.15, -0.1) is 11.3 Å². The largest absolute Gasteiger partial charge is 0.467 e. The fraction of sp³-hybridized carbons (Fsp3) is 0.0714. The van der Waals surface area contributed by atoms with Crippen LogP contribution in [0.25, 0.3) is 0 Å². The van der Waals surface area contributed by atoms with Crippen molar-refractivity contribution in [3.8, 4) is 0 Å². The molecular formula is C14H12ClN3O3S2. The lowest BCUT2D eigenvalue weighted by Gasteiger charge is -2.07. The molecule has 120 valence electrons. The van der Waals surface area contributed by atoms with Gasteiger partial charge in [-0.2, -0.15) is 0 Å². The molecule has 0 aliphatic rings. The maximum Gasteiger partial charge on any atom is 0.271 e. The van der Waals surface area contributed by atoms with E-state index < -0.39 is 10.0 Å². The maximum absolute atomic E-state index is 12.2. The second-order valence-electron chi connectivity index (χ2n) is 4.53. The summed E-state index contributed by atoms with van der Waals surface area (Å²) >= 11 is 6.76. The highest BCUT2D eigenvalue weighted by molar-refractivity contribution is 7.94. The van der Waals surface area contributed by atoms with Gasteiger partial charge in [-0.3, -0.25) is 4.72 Å². The van der Waals surface area contributed by atoms with Crippen LogP contribution in [0.5, 0.6) is 0 Å². The van der Waals surface area contributed by atoms with Gasteiger partial charge in [0.1, 0.15) is 15.8 Å². The molecule has 3 aromatic rings. The van der Waals surface area contributed by atoms with Gasteiger partial charge < -0.3 is 9.73 Å². The van der Waals surface area contributed by atoms with Crippen LogP contribution in [-0.4, -0.2) is 13.4 Å². The monoisotopic (exact) mass is 369 g/mol. The van der Waals surface area contributed by atoms with Crippen LogP contribution < -0.4 is 10.0 Å². The second kappa shape index (κ2) is 6.61. The Labute approximate surface area is 142 Å². The molecule has 0 fully saturated rings. The van der Waals surface area contributed by atoms with E-state index in [1.54, 1.807) is 30.5 Å². The minimum atomic E-state index is -3.64. The SMILES string of the molecule is O=S(=O)(Nc1ccc(NCc2ccco2)nc1)c1ccc(Cl)s1. The number of thiophene rings is 1. The Hall–Kier alpha value is -2.03. The number of nitrogens with one attached hydrogen (secondary N) is 2. The number of rotatable bonds is 6. The van der Waals surface area contributed by atoms with Crippen LogP contribution >= 0.6 is 22.9 Å². The van der Waals surface area contributed by atoms with Crippen LogP contribution in [0, 0.1) is 0 Å². The lowest BCUT2D eigenvalue weighted by atomic mass is 10.4. The summed E-state index contributed by atoms with van der Waals surface area (Å²) in [5, 5.41) is 3.07. The summed E-state index contributed by atoms with van der Waals surface area (Å²) in [4.78, 5) is 4.16. The highest BCUT2D eigenvalue weighted by Crippen LogP contribution is 2.27. The summed E-state index contributed by atoms with van der Waals surface area (Å²) in [6.45, 7) is 0.499. The van der Waals surface area contributed by atoms with Crippen LogP contribution in [-0.2, 0) is 16.6 Å². The molecule has 0 atom stereocenters. The smallest absolute Gasteiger partial charge is 0.271 e. The highest BCUT2D eigenvalue weighted by Gasteiger charge is 2.16. The van der Waals surface area contributed by atoms with E-state index >= 15 is 0 Å². The molecule has 0 aliphatic carbocycles. The van der Waals surface area contributed by atoms with Gasteiger partial charge >= 0.3 is 0 Å². The molecule has 0 aromatic carbocycles. The van der Waals surface area contributed by atoms with Crippen molar-refractivity contribution in [2.24, 2.45) is 0 Å². The fourth-order valence-electron chi connectivity index (χ4n) is 1.80. The lowest BCUT2D eigenvalue weighted by Crippen LogP contribution is -2.11. The Bertz CT molecular complexity index is 874. The minimum absolute atomic E-state index is 0.155. The summed E-state index contributed by atoms with van der Waals surface area (Å²) < 4.78 is 32.6. The molecule has 23 heavy (non-hydrogen) atoms. The van der Waals surface area contributed by atoms with Crippen molar-refractivity contribution in [3.05, 3.63) is 59.0 Å². The maximum atomic E-state index is 12.2. The van der Waals surface area contributed by atoms with E-state index in [4.69, 9.17) is 16.0 Å². The lowest BCUT2D eigenvalue weighted by molar-refractivity contribution is 0.518. The first-order valence-electron chi connectivity index (χ1n) is 6.53. The van der Waals surface area contributed by atoms with Crippen LogP contribution in [0.15, 0.2) is 57.5 Å². The number of halogens is 1. The number of sulfonamides is 1. The Morgan fingerprint density at radius 2 is 2.09 bits per heavy atom. The fourth-order valence-corrected chi connectivity index (χ4v) is 4.32. The first-order valence-corrected chi connectivity index (χ1v) is 9.21. The average molecular weight is 370 g/mol. The molecule has 3 rings (SSSR count). The first-order chi connectivity index (χ1) is 11.0. The van der Waals surface area contributed by atoms with Gasteiger partial charge in [0.05, 0.1) is 29.0 Å². The van der Waals surface area contributed by atoms with Crippen LogP contribution in [0.4, 0.5) is 11.5 Å². The zero-order valence-corrected chi connectivity index (χ0v) is 14.1. The van der Waals surface area contributed by atoms with Crippen LogP contribution in [0.3, 0.4) is 0 Å². The van der Waals surface area contributed by atoms with Gasteiger partial charge in [0.15, 0.2) is 0 Å². The topological polar surface area (TPSA) is 84.2 Å². The second-order valence-corrected chi connectivity index (χ2v) is 8.15. The summed E-state index contributed by atoms with van der Waals surface area (Å²) in [6.07, 6.45) is 3.04. The van der Waals surface area contributed by atoms with Gasteiger partial charge in [-0.05, 0) is 36.4 Å². The Kier molecular flexibility index (Phi) is 4.56. The van der Waals surface area contributed by atoms with Crippen molar-refractivity contribution in [2.45, 2.75) is 10.8 Å². The van der Waals surface area contributed by atoms with Crippen molar-refractivity contribution in [1.82, 2.24) is 4.98 Å². The predicted molar refractivity (Wildman–Crippen MR) is 90.4 cm³/mol. The normalized spacial score (nSPS) is 11.3. The van der Waals surface area contributed by atoms with E-state index in [1.807, 2.05) is 6.07 Å². The molecule has 0 unspecified atom stereocenters. The third-order valence-electron chi connectivity index (χ3n) is 2.85. The van der Waals surface area contributed by atoms with Crippen LogP contribution in [0.1, 0.15) is 5.76 Å². The quantitative estimate of drug-likeness (QED) is 0.690. The van der Waals surface area contributed by atoms with Crippen molar-refractivity contribution in [3.63, 3.8) is 0 Å². The number of nitrogens with zero attached hydrogens (tertiary/aromatic N) is 1. The van der Waals surface area contributed by atoms with E-state index in [2.05, 4.69) is 15.0 Å². The molecule has 0 spiro atoms. The third kappa shape index (κ3) is 4.04. The van der Waals surface area contributed by atoms with E-state index in [0.29, 0.717) is 22.4 Å². The summed E-state index contributed by atoms with van der Waals surface area (Å²) in [7, 11) is -3.64. The standard InChI is InChI=1S/C14H12ClN3O3S2/c15-12-4-6-14(22-12)23(19,20)18-10-3-5-13(16-8-10)17-9-11-2-1-7-21-11/h1-8,18H,9H2,(H,16,17). The molecule has 3 aromatic heterocycles. The minimum Gasteiger partial charge on any atom is -0.467 e. The van der Waals surface area contributed by atoms with Crippen molar-refractivity contribution >= 4 is 44.5 Å². The van der Waals surface area contributed by atoms with E-state index in [0.717, 1.165) is 17.1 Å². The molecule has 0 amide bonds. The highest BCUT2D eigenvalue weighted by atomic mass is 35.5. The molecule has 0 radical (unpaired) electrons. The Balaban J connectivity index is 1.65. The molecule has 0 saturated heterocycles. The zero-order chi connectivity index (χ0) is 16.3. The number of hydrogen-bond donors (Lipinski definition) is 2. The number of furan rings is 1. The molecular weight excluding hydrogens is 358 g/mol. The molecule has 9 heteroatoms. The molecule has 2 N–H and O–H groups in total. The number of aromatic nitrogens is 1. The van der Waals surface area contributed by atoms with E-state index in [-0.39, 0.29) is 4.21 Å². The van der Waals surface area contributed by atoms with Gasteiger partial charge in [-0.1, -0.05) is 11.6 Å². The Morgan fingerprint density at radius 3 is 2.70 bits per heavy atom. The number of hydrogen-bond acceptors (Lipinski definition) is 6. The Morgan fingerprint density at radius 1 is 1.22 bits per heavy atom.